The molecule has 0 saturated carbocycles. The van der Waals surface area contributed by atoms with Gasteiger partial charge in [-0.25, -0.2) is 0 Å². The summed E-state index contributed by atoms with van der Waals surface area (Å²) in [6, 6.07) is 0. The first-order valence-corrected chi connectivity index (χ1v) is 9.70. The van der Waals surface area contributed by atoms with E-state index in [0.717, 1.165) is 5.75 Å². The summed E-state index contributed by atoms with van der Waals surface area (Å²) < 4.78 is 3.57. The zero-order valence-electron chi connectivity index (χ0n) is 7.65. The molecule has 0 saturated heterocycles. The van der Waals surface area contributed by atoms with Crippen molar-refractivity contribution >= 4 is 40.1 Å². The molecule has 0 fully saturated rings. The summed E-state index contributed by atoms with van der Waals surface area (Å²) in [6.07, 6.45) is 3.76. The Kier molecular flexibility index (Phi) is 8.53. The Morgan fingerprint density at radius 1 is 1.42 bits per heavy atom. The second-order valence-corrected chi connectivity index (χ2v) is 12.2. The Balaban J connectivity index is 3.41. The average Bonchev–Trinajstić information content (AvgIpc) is 1.98. The molecule has 0 bridgehead atoms. The normalized spacial score (nSPS) is 15.9. The monoisotopic (exact) mass is 244 g/mol. The van der Waals surface area contributed by atoms with E-state index in [1.807, 2.05) is 6.92 Å². The maximum Gasteiger partial charge on any atom is 0.171 e. The minimum Gasteiger partial charge on any atom is -0.334 e. The van der Waals surface area contributed by atoms with Gasteiger partial charge in [-0.15, -0.1) is 12.2 Å². The van der Waals surface area contributed by atoms with Crippen molar-refractivity contribution in [2.24, 2.45) is 0 Å². The molecule has 12 heavy (non-hydrogen) atoms. The van der Waals surface area contributed by atoms with Crippen LogP contribution in [0.5, 0.6) is 0 Å². The topological polar surface area (TPSA) is 9.23 Å². The van der Waals surface area contributed by atoms with Gasteiger partial charge in [-0.2, -0.15) is 0 Å². The van der Waals surface area contributed by atoms with E-state index < -0.39 is 4.67 Å². The third-order valence-corrected chi connectivity index (χ3v) is 7.17. The molecule has 74 valence electrons. The number of unbranched alkanes of at least 4 members (excludes halogenated alkanes) is 2. The molecular weight excluding hydrogens is 227 g/mol. The van der Waals surface area contributed by atoms with E-state index in [2.05, 4.69) is 19.2 Å². The van der Waals surface area contributed by atoms with Crippen LogP contribution < -0.4 is 0 Å². The molecule has 5 heteroatoms. The molecule has 0 rings (SSSR count). The summed E-state index contributed by atoms with van der Waals surface area (Å²) >= 11 is 11.3. The summed E-state index contributed by atoms with van der Waals surface area (Å²) in [7, 11) is 0. The molecule has 0 radical (unpaired) electrons. The minimum absolute atomic E-state index is 0.682. The fourth-order valence-electron chi connectivity index (χ4n) is 0.732. The predicted molar refractivity (Wildman–Crippen MR) is 66.9 cm³/mol. The first-order chi connectivity index (χ1) is 5.62. The van der Waals surface area contributed by atoms with Gasteiger partial charge in [0.05, 0.1) is 6.61 Å². The van der Waals surface area contributed by atoms with E-state index in [4.69, 9.17) is 16.3 Å². The highest BCUT2D eigenvalue weighted by Gasteiger charge is 2.10. The van der Waals surface area contributed by atoms with Gasteiger partial charge in [0, 0.05) is 5.75 Å². The van der Waals surface area contributed by atoms with E-state index in [9.17, 15) is 0 Å². The van der Waals surface area contributed by atoms with Gasteiger partial charge >= 0.3 is 0 Å². The van der Waals surface area contributed by atoms with Crippen LogP contribution in [0.15, 0.2) is 0 Å². The molecule has 1 atom stereocenters. The van der Waals surface area contributed by atoms with Crippen LogP contribution in [0, 0.1) is 0 Å². The Morgan fingerprint density at radius 2 is 2.08 bits per heavy atom. The first-order valence-electron chi connectivity index (χ1n) is 4.24. The molecule has 0 aromatic rings. The summed E-state index contributed by atoms with van der Waals surface area (Å²) in [5.74, 6) is 1.09. The van der Waals surface area contributed by atoms with Gasteiger partial charge < -0.3 is 4.52 Å². The maximum atomic E-state index is 5.36. The summed E-state index contributed by atoms with van der Waals surface area (Å²) in [5, 5.41) is 0. The van der Waals surface area contributed by atoms with Crippen molar-refractivity contribution in [3.05, 3.63) is 0 Å². The first kappa shape index (κ1) is 13.3. The highest BCUT2D eigenvalue weighted by molar-refractivity contribution is 8.95. The minimum atomic E-state index is -1.79. The van der Waals surface area contributed by atoms with Crippen molar-refractivity contribution in [2.45, 2.75) is 33.1 Å². The highest BCUT2D eigenvalue weighted by atomic mass is 33.2. The standard InChI is InChI=1S/C7H17OPS3/c1-3-5-6-7-12-9(10,11)8-4-2/h3-7H2,1-2H3,(H,10,11). The van der Waals surface area contributed by atoms with Crippen molar-refractivity contribution < 1.29 is 4.52 Å². The molecule has 0 aliphatic rings. The molecule has 0 aromatic carbocycles. The molecule has 0 aliphatic heterocycles. The molecule has 0 aliphatic carbocycles. The van der Waals surface area contributed by atoms with Crippen LogP contribution in [0.2, 0.25) is 0 Å². The fraction of sp³-hybridized carbons (Fsp3) is 1.00. The number of thiol groups is 1. The van der Waals surface area contributed by atoms with E-state index in [1.54, 1.807) is 11.4 Å². The number of hydrogen-bond donors (Lipinski definition) is 1. The van der Waals surface area contributed by atoms with Crippen molar-refractivity contribution in [1.82, 2.24) is 0 Å². The molecule has 0 heterocycles. The van der Waals surface area contributed by atoms with Gasteiger partial charge in [0.1, 0.15) is 0 Å². The summed E-state index contributed by atoms with van der Waals surface area (Å²) in [4.78, 5) is 0. The van der Waals surface area contributed by atoms with Crippen LogP contribution in [0.25, 0.3) is 0 Å². The summed E-state index contributed by atoms with van der Waals surface area (Å²) in [5.41, 5.74) is 0. The van der Waals surface area contributed by atoms with Crippen LogP contribution in [0.3, 0.4) is 0 Å². The third-order valence-electron chi connectivity index (χ3n) is 1.29. The van der Waals surface area contributed by atoms with Crippen molar-refractivity contribution in [2.75, 3.05) is 12.4 Å². The molecule has 0 spiro atoms. The van der Waals surface area contributed by atoms with Crippen LogP contribution in [-0.2, 0) is 16.3 Å². The molecular formula is C7H17OPS3. The quantitative estimate of drug-likeness (QED) is 0.410. The summed E-state index contributed by atoms with van der Waals surface area (Å²) in [6.45, 7) is 4.84. The van der Waals surface area contributed by atoms with Crippen molar-refractivity contribution in [1.29, 1.82) is 0 Å². The van der Waals surface area contributed by atoms with Gasteiger partial charge in [-0.3, -0.25) is 0 Å². The fourth-order valence-corrected chi connectivity index (χ4v) is 5.38. The highest BCUT2D eigenvalue weighted by Crippen LogP contribution is 2.64. The Labute approximate surface area is 90.0 Å². The van der Waals surface area contributed by atoms with Crippen LogP contribution in [0.1, 0.15) is 33.1 Å². The number of rotatable bonds is 7. The van der Waals surface area contributed by atoms with Gasteiger partial charge in [-0.05, 0) is 25.2 Å². The Hall–Kier alpha value is 1.31. The van der Waals surface area contributed by atoms with Gasteiger partial charge in [0.25, 0.3) is 0 Å². The van der Waals surface area contributed by atoms with E-state index in [0.29, 0.717) is 6.61 Å². The van der Waals surface area contributed by atoms with Crippen LogP contribution in [-0.4, -0.2) is 12.4 Å². The maximum absolute atomic E-state index is 5.36. The Morgan fingerprint density at radius 3 is 2.58 bits per heavy atom. The smallest absolute Gasteiger partial charge is 0.171 e. The predicted octanol–water partition coefficient (Wildman–Crippen LogP) is 4.10. The molecule has 1 nitrogen and oxygen atoms in total. The van der Waals surface area contributed by atoms with E-state index >= 15 is 0 Å². The zero-order valence-corrected chi connectivity index (χ0v) is 11.1. The molecule has 1 unspecified atom stereocenters. The number of hydrogen-bond acceptors (Lipinski definition) is 3. The zero-order chi connectivity index (χ0) is 9.45. The lowest BCUT2D eigenvalue weighted by Gasteiger charge is -2.13. The van der Waals surface area contributed by atoms with E-state index in [1.165, 1.54) is 19.3 Å². The second kappa shape index (κ2) is 7.69. The lowest BCUT2D eigenvalue weighted by atomic mass is 10.3. The van der Waals surface area contributed by atoms with E-state index in [-0.39, 0.29) is 0 Å². The molecule has 0 N–H and O–H groups in total. The third kappa shape index (κ3) is 7.93. The molecule has 0 amide bonds. The van der Waals surface area contributed by atoms with Crippen LogP contribution in [0.4, 0.5) is 0 Å². The SMILES string of the molecule is CCCCCSP(=S)(S)OCC. The van der Waals surface area contributed by atoms with Crippen molar-refractivity contribution in [3.8, 4) is 0 Å². The average molecular weight is 244 g/mol. The second-order valence-electron chi connectivity index (χ2n) is 2.43. The largest absolute Gasteiger partial charge is 0.334 e. The van der Waals surface area contributed by atoms with Gasteiger partial charge in [-0.1, -0.05) is 31.1 Å². The molecule has 0 aromatic heterocycles. The van der Waals surface area contributed by atoms with Crippen LogP contribution >= 0.6 is 28.3 Å². The Bertz CT molecular complexity index is 152. The van der Waals surface area contributed by atoms with Gasteiger partial charge in [0.15, 0.2) is 4.67 Å². The lowest BCUT2D eigenvalue weighted by Crippen LogP contribution is -1.82. The lowest BCUT2D eigenvalue weighted by molar-refractivity contribution is 0.393. The van der Waals surface area contributed by atoms with Crippen molar-refractivity contribution in [3.63, 3.8) is 0 Å². The van der Waals surface area contributed by atoms with Gasteiger partial charge in [0.2, 0.25) is 0 Å².